The number of nitrogens with zero attached hydrogens (tertiary/aromatic N) is 4. The Morgan fingerprint density at radius 1 is 1.21 bits per heavy atom. The van der Waals surface area contributed by atoms with Gasteiger partial charge in [-0.1, -0.05) is 38.5 Å². The molecule has 3 fully saturated rings. The number of guanidine groups is 1. The third-order valence-electron chi connectivity index (χ3n) is 6.66. The van der Waals surface area contributed by atoms with Gasteiger partial charge in [-0.2, -0.15) is 0 Å². The fourth-order valence-corrected chi connectivity index (χ4v) is 5.37. The molecule has 0 aromatic carbocycles. The molecule has 1 amide bonds. The highest BCUT2D eigenvalue weighted by atomic mass is 16.2. The van der Waals surface area contributed by atoms with Gasteiger partial charge in [-0.15, -0.1) is 0 Å². The zero-order valence-electron chi connectivity index (χ0n) is 14.5. The summed E-state index contributed by atoms with van der Waals surface area (Å²) in [7, 11) is 1.85. The van der Waals surface area contributed by atoms with Crippen molar-refractivity contribution in [2.45, 2.75) is 75.7 Å². The predicted octanol–water partition coefficient (Wildman–Crippen LogP) is 1.72. The molecule has 0 radical (unpaired) electrons. The fraction of sp³-hybridized carbons (Fsp3) is 0.833. The summed E-state index contributed by atoms with van der Waals surface area (Å²) in [6.07, 6.45) is 11.3. The van der Waals surface area contributed by atoms with E-state index in [0.29, 0.717) is 5.71 Å². The lowest BCUT2D eigenvalue weighted by Gasteiger charge is -2.37. The maximum atomic E-state index is 12.8. The summed E-state index contributed by atoms with van der Waals surface area (Å²) in [4.78, 5) is 26.6. The van der Waals surface area contributed by atoms with E-state index in [4.69, 9.17) is 9.98 Å². The van der Waals surface area contributed by atoms with Gasteiger partial charge in [-0.3, -0.25) is 20.0 Å². The number of carbonyl (C=O) groups excluding carboxylic acids is 1. The first-order valence-electron chi connectivity index (χ1n) is 9.64. The van der Waals surface area contributed by atoms with Crippen molar-refractivity contribution in [2.24, 2.45) is 15.9 Å². The van der Waals surface area contributed by atoms with Crippen LogP contribution >= 0.6 is 0 Å². The molecule has 130 valence electrons. The van der Waals surface area contributed by atoms with E-state index in [0.717, 1.165) is 37.7 Å². The zero-order valence-corrected chi connectivity index (χ0v) is 14.5. The van der Waals surface area contributed by atoms with E-state index < -0.39 is 0 Å². The van der Waals surface area contributed by atoms with Crippen molar-refractivity contribution < 1.29 is 4.79 Å². The van der Waals surface area contributed by atoms with E-state index in [1.807, 2.05) is 7.05 Å². The number of amides is 1. The van der Waals surface area contributed by atoms with Crippen LogP contribution in [-0.4, -0.2) is 58.8 Å². The molecule has 0 aromatic heterocycles. The van der Waals surface area contributed by atoms with E-state index in [2.05, 4.69) is 10.2 Å². The van der Waals surface area contributed by atoms with Crippen molar-refractivity contribution in [1.82, 2.24) is 15.1 Å². The summed E-state index contributed by atoms with van der Waals surface area (Å²) in [5.74, 6) is 1.67. The van der Waals surface area contributed by atoms with Crippen molar-refractivity contribution in [2.75, 3.05) is 13.6 Å². The Bertz CT molecular complexity index is 615. The molecule has 3 aliphatic heterocycles. The van der Waals surface area contributed by atoms with Crippen LogP contribution < -0.4 is 5.32 Å². The molecule has 0 aromatic rings. The van der Waals surface area contributed by atoms with Crippen molar-refractivity contribution >= 4 is 17.6 Å². The molecule has 1 spiro atoms. The summed E-state index contributed by atoms with van der Waals surface area (Å²) < 4.78 is 0. The maximum Gasteiger partial charge on any atom is 0.277 e. The van der Waals surface area contributed by atoms with E-state index in [1.54, 1.807) is 4.90 Å². The average molecular weight is 329 g/mol. The molecule has 2 saturated carbocycles. The Kier molecular flexibility index (Phi) is 3.27. The lowest BCUT2D eigenvalue weighted by Crippen LogP contribution is -2.63. The highest BCUT2D eigenvalue weighted by Crippen LogP contribution is 2.40. The molecular formula is C18H27N5O. The molecule has 0 bridgehead atoms. The highest BCUT2D eigenvalue weighted by molar-refractivity contribution is 6.45. The second kappa shape index (κ2) is 5.28. The van der Waals surface area contributed by atoms with E-state index >= 15 is 0 Å². The van der Waals surface area contributed by atoms with Crippen LogP contribution in [0, 0.1) is 5.92 Å². The second-order valence-electron chi connectivity index (χ2n) is 8.32. The first-order chi connectivity index (χ1) is 11.7. The normalized spacial score (nSPS) is 34.8. The lowest BCUT2D eigenvalue weighted by atomic mass is 9.99. The average Bonchev–Trinajstić information content (AvgIpc) is 3.33. The van der Waals surface area contributed by atoms with Crippen LogP contribution in [0.15, 0.2) is 9.98 Å². The Morgan fingerprint density at radius 2 is 1.96 bits per heavy atom. The molecule has 5 aliphatic rings. The number of nitrogens with one attached hydrogen (secondary N) is 1. The van der Waals surface area contributed by atoms with E-state index in [9.17, 15) is 4.79 Å². The standard InChI is InChI=1S/C18H27N5O/c1-22-16(24)14-15(20-13(19-14)10-12-6-2-3-7-12)23-11-18(21-17(22)23)8-4-5-9-18/h12-13,15,20H,2-11H2,1H3. The molecule has 6 heteroatoms. The Labute approximate surface area is 143 Å². The smallest absolute Gasteiger partial charge is 0.277 e. The summed E-state index contributed by atoms with van der Waals surface area (Å²) in [6, 6.07) is 0. The molecule has 5 rings (SSSR count). The third kappa shape index (κ3) is 2.15. The van der Waals surface area contributed by atoms with Gasteiger partial charge >= 0.3 is 0 Å². The Hall–Kier alpha value is -1.43. The van der Waals surface area contributed by atoms with Crippen molar-refractivity contribution in [3.8, 4) is 0 Å². The van der Waals surface area contributed by atoms with Gasteiger partial charge in [0.25, 0.3) is 5.91 Å². The first kappa shape index (κ1) is 14.9. The van der Waals surface area contributed by atoms with Crippen molar-refractivity contribution in [3.05, 3.63) is 0 Å². The minimum Gasteiger partial charge on any atom is -0.318 e. The van der Waals surface area contributed by atoms with Gasteiger partial charge in [-0.05, 0) is 25.2 Å². The highest BCUT2D eigenvalue weighted by Gasteiger charge is 2.52. The Morgan fingerprint density at radius 3 is 2.71 bits per heavy atom. The fourth-order valence-electron chi connectivity index (χ4n) is 5.37. The first-order valence-corrected chi connectivity index (χ1v) is 9.64. The largest absolute Gasteiger partial charge is 0.318 e. The van der Waals surface area contributed by atoms with E-state index in [-0.39, 0.29) is 23.8 Å². The minimum atomic E-state index is -0.0566. The molecule has 3 heterocycles. The van der Waals surface area contributed by atoms with Crippen LogP contribution in [0.4, 0.5) is 0 Å². The number of rotatable bonds is 2. The molecule has 1 N–H and O–H groups in total. The molecule has 2 aliphatic carbocycles. The Balaban J connectivity index is 1.40. The molecule has 2 atom stereocenters. The molecule has 6 nitrogen and oxygen atoms in total. The van der Waals surface area contributed by atoms with Gasteiger partial charge in [0.05, 0.1) is 5.54 Å². The summed E-state index contributed by atoms with van der Waals surface area (Å²) >= 11 is 0. The van der Waals surface area contributed by atoms with Crippen LogP contribution in [-0.2, 0) is 4.79 Å². The maximum absolute atomic E-state index is 12.8. The minimum absolute atomic E-state index is 0.0338. The topological polar surface area (TPSA) is 60.3 Å². The second-order valence-corrected chi connectivity index (χ2v) is 8.32. The summed E-state index contributed by atoms with van der Waals surface area (Å²) in [5.41, 5.74) is 0.749. The van der Waals surface area contributed by atoms with Crippen LogP contribution in [0.1, 0.15) is 57.8 Å². The number of hydrogen-bond donors (Lipinski definition) is 1. The predicted molar refractivity (Wildman–Crippen MR) is 92.8 cm³/mol. The number of fused-ring (bicyclic) bond motifs is 3. The van der Waals surface area contributed by atoms with Gasteiger partial charge in [-0.25, -0.2) is 4.99 Å². The SMILES string of the molecule is CN1C(=O)C2=NC(CC3CCCC3)NC2N2CC3(CCCC3)N=C12. The van der Waals surface area contributed by atoms with Crippen molar-refractivity contribution in [1.29, 1.82) is 0 Å². The molecular weight excluding hydrogens is 302 g/mol. The van der Waals surface area contributed by atoms with Crippen LogP contribution in [0.2, 0.25) is 0 Å². The quantitative estimate of drug-likeness (QED) is 0.839. The third-order valence-corrected chi connectivity index (χ3v) is 6.66. The molecule has 24 heavy (non-hydrogen) atoms. The summed E-state index contributed by atoms with van der Waals surface area (Å²) in [5, 5.41) is 3.64. The van der Waals surface area contributed by atoms with Gasteiger partial charge in [0.2, 0.25) is 5.96 Å². The zero-order chi connectivity index (χ0) is 16.3. The number of aliphatic imine (C=N–C) groups is 2. The van der Waals surface area contributed by atoms with Crippen LogP contribution in [0.3, 0.4) is 0 Å². The number of hydrogen-bond acceptors (Lipinski definition) is 5. The molecule has 2 unspecified atom stereocenters. The van der Waals surface area contributed by atoms with E-state index in [1.165, 1.54) is 38.5 Å². The molecule has 1 saturated heterocycles. The summed E-state index contributed by atoms with van der Waals surface area (Å²) in [6.45, 7) is 0.937. The van der Waals surface area contributed by atoms with Gasteiger partial charge in [0.15, 0.2) is 0 Å². The van der Waals surface area contributed by atoms with Crippen LogP contribution in [0.5, 0.6) is 0 Å². The number of carbonyl (C=O) groups is 1. The monoisotopic (exact) mass is 329 g/mol. The van der Waals surface area contributed by atoms with Gasteiger partial charge < -0.3 is 4.90 Å². The van der Waals surface area contributed by atoms with Crippen molar-refractivity contribution in [3.63, 3.8) is 0 Å². The van der Waals surface area contributed by atoms with Gasteiger partial charge in [0, 0.05) is 13.6 Å². The van der Waals surface area contributed by atoms with Gasteiger partial charge in [0.1, 0.15) is 18.0 Å². The van der Waals surface area contributed by atoms with Crippen LogP contribution in [0.25, 0.3) is 0 Å². The lowest BCUT2D eigenvalue weighted by molar-refractivity contribution is -0.121.